The molecule has 0 unspecified atom stereocenters. The van der Waals surface area contributed by atoms with Gasteiger partial charge in [-0.2, -0.15) is 4.98 Å². The first-order valence-corrected chi connectivity index (χ1v) is 10.2. The molecule has 0 spiro atoms. The molecule has 0 aliphatic heterocycles. The predicted molar refractivity (Wildman–Crippen MR) is 113 cm³/mol. The molecule has 29 heavy (non-hydrogen) atoms. The summed E-state index contributed by atoms with van der Waals surface area (Å²) in [6.07, 6.45) is 1.53. The first-order valence-electron chi connectivity index (χ1n) is 9.29. The van der Waals surface area contributed by atoms with Gasteiger partial charge in [0.1, 0.15) is 5.01 Å². The van der Waals surface area contributed by atoms with Crippen molar-refractivity contribution in [3.8, 4) is 34.1 Å². The topological polar surface area (TPSA) is 70.3 Å². The van der Waals surface area contributed by atoms with Crippen molar-refractivity contribution in [1.29, 1.82) is 0 Å². The lowest BCUT2D eigenvalue weighted by molar-refractivity contribution is 0.355. The van der Waals surface area contributed by atoms with Crippen molar-refractivity contribution in [3.63, 3.8) is 0 Å². The van der Waals surface area contributed by atoms with Crippen molar-refractivity contribution in [2.24, 2.45) is 0 Å². The van der Waals surface area contributed by atoms with Crippen LogP contribution in [0.5, 0.6) is 11.5 Å². The largest absolute Gasteiger partial charge is 0.493 e. The fourth-order valence-corrected chi connectivity index (χ4v) is 3.78. The fourth-order valence-electron chi connectivity index (χ4n) is 2.98. The van der Waals surface area contributed by atoms with Crippen molar-refractivity contribution in [2.75, 3.05) is 14.2 Å². The zero-order chi connectivity index (χ0) is 20.2. The van der Waals surface area contributed by atoms with E-state index < -0.39 is 0 Å². The molecule has 7 heteroatoms. The highest BCUT2D eigenvalue weighted by atomic mass is 32.1. The highest BCUT2D eigenvalue weighted by molar-refractivity contribution is 7.10. The van der Waals surface area contributed by atoms with Gasteiger partial charge in [0, 0.05) is 16.5 Å². The van der Waals surface area contributed by atoms with Gasteiger partial charge in [0.2, 0.25) is 11.7 Å². The average molecular weight is 407 g/mol. The number of nitrogens with zero attached hydrogens (tertiary/aromatic N) is 3. The lowest BCUT2D eigenvalue weighted by Crippen LogP contribution is -1.92. The third-order valence-corrected chi connectivity index (χ3v) is 5.47. The van der Waals surface area contributed by atoms with Gasteiger partial charge in [0.15, 0.2) is 11.5 Å². The Bertz CT molecular complexity index is 1100. The van der Waals surface area contributed by atoms with E-state index in [1.54, 1.807) is 25.6 Å². The summed E-state index contributed by atoms with van der Waals surface area (Å²) >= 11 is 1.59. The van der Waals surface area contributed by atoms with Gasteiger partial charge in [-0.3, -0.25) is 0 Å². The molecule has 0 bridgehead atoms. The molecule has 6 nitrogen and oxygen atoms in total. The van der Waals surface area contributed by atoms with Crippen molar-refractivity contribution >= 4 is 11.3 Å². The molecule has 0 aliphatic carbocycles. The normalized spacial score (nSPS) is 10.9. The van der Waals surface area contributed by atoms with Crippen molar-refractivity contribution in [3.05, 3.63) is 64.3 Å². The molecule has 0 saturated heterocycles. The van der Waals surface area contributed by atoms with Gasteiger partial charge in [0.25, 0.3) is 0 Å². The zero-order valence-electron chi connectivity index (χ0n) is 16.5. The van der Waals surface area contributed by atoms with E-state index in [9.17, 15) is 0 Å². The quantitative estimate of drug-likeness (QED) is 0.428. The van der Waals surface area contributed by atoms with Crippen LogP contribution in [0, 0.1) is 0 Å². The number of aryl methyl sites for hydroxylation is 1. The number of aromatic nitrogens is 3. The molecule has 2 heterocycles. The molecule has 0 aliphatic rings. The third-order valence-electron chi connectivity index (χ3n) is 4.62. The molecule has 4 rings (SSSR count). The van der Waals surface area contributed by atoms with Crippen LogP contribution in [0.3, 0.4) is 0 Å². The smallest absolute Gasteiger partial charge is 0.233 e. The van der Waals surface area contributed by atoms with Gasteiger partial charge >= 0.3 is 0 Å². The van der Waals surface area contributed by atoms with Crippen molar-refractivity contribution in [1.82, 2.24) is 15.1 Å². The molecule has 0 radical (unpaired) electrons. The van der Waals surface area contributed by atoms with E-state index in [4.69, 9.17) is 19.0 Å². The minimum atomic E-state index is 0.498. The van der Waals surface area contributed by atoms with Gasteiger partial charge < -0.3 is 14.0 Å². The molecule has 4 aromatic rings. The maximum Gasteiger partial charge on any atom is 0.233 e. The Morgan fingerprint density at radius 3 is 2.41 bits per heavy atom. The number of benzene rings is 2. The highest BCUT2D eigenvalue weighted by Crippen LogP contribution is 2.31. The predicted octanol–water partition coefficient (Wildman–Crippen LogP) is 5.03. The zero-order valence-corrected chi connectivity index (χ0v) is 17.3. The van der Waals surface area contributed by atoms with Crippen LogP contribution in [0.1, 0.15) is 23.4 Å². The van der Waals surface area contributed by atoms with Gasteiger partial charge in [0.05, 0.1) is 26.3 Å². The number of ether oxygens (including phenoxy) is 2. The number of hydrogen-bond donors (Lipinski definition) is 0. The van der Waals surface area contributed by atoms with Gasteiger partial charge in [-0.25, -0.2) is 4.98 Å². The van der Waals surface area contributed by atoms with Crippen LogP contribution in [-0.4, -0.2) is 29.3 Å². The summed E-state index contributed by atoms with van der Waals surface area (Å²) in [7, 11) is 3.20. The first-order chi connectivity index (χ1) is 14.2. The molecule has 0 saturated carbocycles. The summed E-state index contributed by atoms with van der Waals surface area (Å²) in [6, 6.07) is 14.0. The van der Waals surface area contributed by atoms with Crippen molar-refractivity contribution < 1.29 is 14.0 Å². The van der Waals surface area contributed by atoms with E-state index in [2.05, 4.69) is 46.7 Å². The van der Waals surface area contributed by atoms with E-state index >= 15 is 0 Å². The number of hydrogen-bond acceptors (Lipinski definition) is 7. The van der Waals surface area contributed by atoms with Crippen LogP contribution in [0.4, 0.5) is 0 Å². The second-order valence-electron chi connectivity index (χ2n) is 6.44. The summed E-state index contributed by atoms with van der Waals surface area (Å²) in [4.78, 5) is 9.22. The molecule has 0 N–H and O–H groups in total. The maximum atomic E-state index is 5.43. The molecule has 148 valence electrons. The highest BCUT2D eigenvalue weighted by Gasteiger charge is 2.14. The summed E-state index contributed by atoms with van der Waals surface area (Å²) in [5, 5.41) is 7.08. The van der Waals surface area contributed by atoms with E-state index in [1.165, 1.54) is 5.56 Å². The Kier molecular flexibility index (Phi) is 5.57. The Hall–Kier alpha value is -3.19. The standard InChI is InChI=1S/C22H21N3O3S/c1-4-14-5-7-15(8-6-14)17-13-29-21(23-17)12-20-24-22(25-28-20)16-9-10-18(26-2)19(11-16)27-3/h5-11,13H,4,12H2,1-3H3. The van der Waals surface area contributed by atoms with Crippen molar-refractivity contribution in [2.45, 2.75) is 19.8 Å². The molecular formula is C22H21N3O3S. The Morgan fingerprint density at radius 2 is 1.69 bits per heavy atom. The van der Waals surface area contributed by atoms with Gasteiger partial charge in [-0.15, -0.1) is 11.3 Å². The second kappa shape index (κ2) is 8.45. The van der Waals surface area contributed by atoms with E-state index in [-0.39, 0.29) is 0 Å². The molecule has 2 aromatic heterocycles. The van der Waals surface area contributed by atoms with Crippen LogP contribution in [0.15, 0.2) is 52.4 Å². The molecular weight excluding hydrogens is 386 g/mol. The Labute approximate surface area is 173 Å². The number of rotatable bonds is 7. The van der Waals surface area contributed by atoms with Crippen LogP contribution < -0.4 is 9.47 Å². The second-order valence-corrected chi connectivity index (χ2v) is 7.38. The monoisotopic (exact) mass is 407 g/mol. The van der Waals surface area contributed by atoms with E-state index in [0.29, 0.717) is 29.6 Å². The molecule has 2 aromatic carbocycles. The summed E-state index contributed by atoms with van der Waals surface area (Å²) in [6.45, 7) is 2.15. The SMILES string of the molecule is CCc1ccc(-c2csc(Cc3nc(-c4ccc(OC)c(OC)c4)no3)n2)cc1. The first kappa shape index (κ1) is 19.1. The summed E-state index contributed by atoms with van der Waals surface area (Å²) < 4.78 is 16.0. The Morgan fingerprint density at radius 1 is 0.931 bits per heavy atom. The van der Waals surface area contributed by atoms with Gasteiger partial charge in [-0.1, -0.05) is 36.3 Å². The Balaban J connectivity index is 1.50. The van der Waals surface area contributed by atoms with E-state index in [0.717, 1.165) is 28.2 Å². The fraction of sp³-hybridized carbons (Fsp3) is 0.227. The van der Waals surface area contributed by atoms with Crippen LogP contribution in [0.25, 0.3) is 22.6 Å². The van der Waals surface area contributed by atoms with Crippen LogP contribution >= 0.6 is 11.3 Å². The average Bonchev–Trinajstić information content (AvgIpc) is 3.43. The van der Waals surface area contributed by atoms with Gasteiger partial charge in [-0.05, 0) is 30.2 Å². The minimum Gasteiger partial charge on any atom is -0.493 e. The van der Waals surface area contributed by atoms with Crippen LogP contribution in [-0.2, 0) is 12.8 Å². The molecule has 0 fully saturated rings. The minimum absolute atomic E-state index is 0.498. The third kappa shape index (κ3) is 4.14. The van der Waals surface area contributed by atoms with E-state index in [1.807, 2.05) is 18.2 Å². The summed E-state index contributed by atoms with van der Waals surface area (Å²) in [5.41, 5.74) is 4.19. The number of thiazole rings is 1. The number of methoxy groups -OCH3 is 2. The lowest BCUT2D eigenvalue weighted by atomic mass is 10.1. The molecule has 0 amide bonds. The molecule has 0 atom stereocenters. The lowest BCUT2D eigenvalue weighted by Gasteiger charge is -2.07. The summed E-state index contributed by atoms with van der Waals surface area (Å²) in [5.74, 6) is 2.31. The van der Waals surface area contributed by atoms with Crippen LogP contribution in [0.2, 0.25) is 0 Å². The maximum absolute atomic E-state index is 5.43.